The third-order valence-electron chi connectivity index (χ3n) is 4.48. The van der Waals surface area contributed by atoms with Gasteiger partial charge < -0.3 is 19.7 Å². The molecule has 0 saturated heterocycles. The number of aromatic hydroxyl groups is 2. The molecule has 0 spiro atoms. The topological polar surface area (TPSA) is 58.9 Å². The van der Waals surface area contributed by atoms with Gasteiger partial charge in [-0.25, -0.2) is 8.78 Å². The van der Waals surface area contributed by atoms with Gasteiger partial charge in [0.25, 0.3) is 0 Å². The van der Waals surface area contributed by atoms with Crippen molar-refractivity contribution in [1.82, 2.24) is 0 Å². The Balaban J connectivity index is 2.48. The molecule has 4 nitrogen and oxygen atoms in total. The minimum atomic E-state index is -5.21. The maximum Gasteiger partial charge on any atom is 0.419 e. The van der Waals surface area contributed by atoms with Gasteiger partial charge in [0.15, 0.2) is 11.6 Å². The molecule has 3 rings (SSSR count). The van der Waals surface area contributed by atoms with Crippen LogP contribution in [-0.2, 0) is 6.18 Å². The first-order valence-electron chi connectivity index (χ1n) is 8.42. The zero-order valence-corrected chi connectivity index (χ0v) is 15.6. The number of alkyl halides is 3. The van der Waals surface area contributed by atoms with Crippen molar-refractivity contribution in [2.45, 2.75) is 6.18 Å². The number of hydrogen-bond acceptors (Lipinski definition) is 4. The Morgan fingerprint density at radius 2 is 1.20 bits per heavy atom. The molecule has 0 saturated carbocycles. The summed E-state index contributed by atoms with van der Waals surface area (Å²) in [4.78, 5) is 0. The van der Waals surface area contributed by atoms with Crippen molar-refractivity contribution in [3.05, 3.63) is 59.7 Å². The highest BCUT2D eigenvalue weighted by molar-refractivity contribution is 5.90. The SMILES string of the molecule is COc1ccc(O)c(-c2cc(C(F)(F)F)c(F)c(F)c2-c2cc(OC)ccc2O)c1. The van der Waals surface area contributed by atoms with Crippen molar-refractivity contribution in [2.24, 2.45) is 0 Å². The van der Waals surface area contributed by atoms with E-state index >= 15 is 4.39 Å². The fourth-order valence-electron chi connectivity index (χ4n) is 3.01. The first-order valence-corrected chi connectivity index (χ1v) is 8.42. The summed E-state index contributed by atoms with van der Waals surface area (Å²) in [6.45, 7) is 0. The zero-order chi connectivity index (χ0) is 22.2. The van der Waals surface area contributed by atoms with Crippen LogP contribution in [0.25, 0.3) is 22.3 Å². The van der Waals surface area contributed by atoms with Crippen molar-refractivity contribution in [3.63, 3.8) is 0 Å². The fourth-order valence-corrected chi connectivity index (χ4v) is 3.01. The van der Waals surface area contributed by atoms with Crippen LogP contribution in [0.1, 0.15) is 5.56 Å². The quantitative estimate of drug-likeness (QED) is 0.522. The Morgan fingerprint density at radius 1 is 0.700 bits per heavy atom. The number of benzene rings is 3. The summed E-state index contributed by atoms with van der Waals surface area (Å²) in [5.41, 5.74) is -3.61. The summed E-state index contributed by atoms with van der Waals surface area (Å²) >= 11 is 0. The summed E-state index contributed by atoms with van der Waals surface area (Å²) in [5.74, 6) is -4.71. The van der Waals surface area contributed by atoms with Crippen LogP contribution in [0.2, 0.25) is 0 Å². The Labute approximate surface area is 167 Å². The van der Waals surface area contributed by atoms with Crippen LogP contribution in [0.15, 0.2) is 42.5 Å². The second-order valence-corrected chi connectivity index (χ2v) is 6.24. The van der Waals surface area contributed by atoms with Gasteiger partial charge in [-0.1, -0.05) is 0 Å². The molecule has 9 heteroatoms. The molecule has 0 aromatic heterocycles. The van der Waals surface area contributed by atoms with E-state index in [4.69, 9.17) is 9.47 Å². The second kappa shape index (κ2) is 7.74. The summed E-state index contributed by atoms with van der Waals surface area (Å²) in [7, 11) is 2.58. The van der Waals surface area contributed by atoms with E-state index in [2.05, 4.69) is 0 Å². The van der Waals surface area contributed by atoms with E-state index < -0.39 is 46.0 Å². The van der Waals surface area contributed by atoms with Crippen molar-refractivity contribution in [2.75, 3.05) is 14.2 Å². The molecule has 3 aromatic carbocycles. The molecule has 0 amide bonds. The molecule has 0 heterocycles. The molecular formula is C21H15F5O4. The number of halogens is 5. The van der Waals surface area contributed by atoms with Gasteiger partial charge in [0, 0.05) is 16.7 Å². The van der Waals surface area contributed by atoms with Gasteiger partial charge in [-0.15, -0.1) is 0 Å². The van der Waals surface area contributed by atoms with E-state index in [-0.39, 0.29) is 22.6 Å². The lowest BCUT2D eigenvalue weighted by Gasteiger charge is -2.19. The summed E-state index contributed by atoms with van der Waals surface area (Å²) in [6, 6.07) is 7.62. The lowest BCUT2D eigenvalue weighted by atomic mass is 9.90. The van der Waals surface area contributed by atoms with E-state index in [1.54, 1.807) is 0 Å². The normalized spacial score (nSPS) is 11.4. The van der Waals surface area contributed by atoms with Crippen LogP contribution in [0, 0.1) is 11.6 Å². The van der Waals surface area contributed by atoms with E-state index in [0.29, 0.717) is 6.07 Å². The smallest absolute Gasteiger partial charge is 0.419 e. The van der Waals surface area contributed by atoms with Gasteiger partial charge in [0.1, 0.15) is 23.0 Å². The summed E-state index contributed by atoms with van der Waals surface area (Å²) in [5, 5.41) is 20.5. The number of ether oxygens (including phenoxy) is 2. The van der Waals surface area contributed by atoms with Crippen molar-refractivity contribution >= 4 is 0 Å². The Morgan fingerprint density at radius 3 is 1.70 bits per heavy atom. The third kappa shape index (κ3) is 3.70. The number of phenols is 2. The molecule has 158 valence electrons. The van der Waals surface area contributed by atoms with Gasteiger partial charge >= 0.3 is 6.18 Å². The standard InChI is InChI=1S/C21H15F5O4/c1-29-10-3-5-16(27)12(7-10)13-9-15(21(24,25)26)19(22)20(23)18(13)14-8-11(30-2)4-6-17(14)28/h3-9,27-28H,1-2H3. The highest BCUT2D eigenvalue weighted by atomic mass is 19.4. The average Bonchev–Trinajstić information content (AvgIpc) is 2.70. The number of phenolic OH excluding ortho intramolecular Hbond substituents is 2. The first kappa shape index (κ1) is 21.2. The maximum atomic E-state index is 15.0. The highest BCUT2D eigenvalue weighted by Crippen LogP contribution is 2.47. The van der Waals surface area contributed by atoms with Crippen LogP contribution < -0.4 is 9.47 Å². The molecule has 0 radical (unpaired) electrons. The van der Waals surface area contributed by atoms with Gasteiger partial charge in [0.2, 0.25) is 0 Å². The molecule has 2 N–H and O–H groups in total. The Hall–Kier alpha value is -3.49. The van der Waals surface area contributed by atoms with Crippen LogP contribution in [0.4, 0.5) is 22.0 Å². The van der Waals surface area contributed by atoms with Crippen LogP contribution >= 0.6 is 0 Å². The largest absolute Gasteiger partial charge is 0.507 e. The van der Waals surface area contributed by atoms with Gasteiger partial charge in [-0.05, 0) is 48.0 Å². The van der Waals surface area contributed by atoms with Gasteiger partial charge in [-0.3, -0.25) is 0 Å². The lowest BCUT2D eigenvalue weighted by Crippen LogP contribution is -2.11. The van der Waals surface area contributed by atoms with Crippen molar-refractivity contribution in [3.8, 4) is 45.3 Å². The van der Waals surface area contributed by atoms with E-state index in [9.17, 15) is 27.8 Å². The van der Waals surface area contributed by atoms with Crippen LogP contribution in [0.5, 0.6) is 23.0 Å². The monoisotopic (exact) mass is 426 g/mol. The molecule has 0 aliphatic heterocycles. The number of rotatable bonds is 4. The fraction of sp³-hybridized carbons (Fsp3) is 0.143. The minimum Gasteiger partial charge on any atom is -0.507 e. The predicted molar refractivity (Wildman–Crippen MR) is 98.7 cm³/mol. The summed E-state index contributed by atoms with van der Waals surface area (Å²) in [6.07, 6.45) is -5.21. The zero-order valence-electron chi connectivity index (χ0n) is 15.6. The van der Waals surface area contributed by atoms with E-state index in [0.717, 1.165) is 18.2 Å². The van der Waals surface area contributed by atoms with Crippen molar-refractivity contribution < 1.29 is 41.6 Å². The molecule has 0 bridgehead atoms. The maximum absolute atomic E-state index is 15.0. The van der Waals surface area contributed by atoms with Crippen LogP contribution in [-0.4, -0.2) is 24.4 Å². The lowest BCUT2D eigenvalue weighted by molar-refractivity contribution is -0.140. The second-order valence-electron chi connectivity index (χ2n) is 6.24. The van der Waals surface area contributed by atoms with Gasteiger partial charge in [0.05, 0.1) is 19.8 Å². The molecule has 0 fully saturated rings. The van der Waals surface area contributed by atoms with Crippen LogP contribution in [0.3, 0.4) is 0 Å². The predicted octanol–water partition coefficient (Wildman–Crippen LogP) is 5.75. The number of methoxy groups -OCH3 is 2. The Bertz CT molecular complexity index is 1110. The van der Waals surface area contributed by atoms with Crippen molar-refractivity contribution in [1.29, 1.82) is 0 Å². The molecule has 0 aliphatic carbocycles. The minimum absolute atomic E-state index is 0.142. The highest BCUT2D eigenvalue weighted by Gasteiger charge is 2.38. The molecular weight excluding hydrogens is 411 g/mol. The third-order valence-corrected chi connectivity index (χ3v) is 4.48. The molecule has 0 unspecified atom stereocenters. The van der Waals surface area contributed by atoms with Gasteiger partial charge in [-0.2, -0.15) is 13.2 Å². The first-order chi connectivity index (χ1) is 14.1. The average molecular weight is 426 g/mol. The molecule has 30 heavy (non-hydrogen) atoms. The molecule has 0 atom stereocenters. The molecule has 0 aliphatic rings. The summed E-state index contributed by atoms with van der Waals surface area (Å²) < 4.78 is 79.5. The van der Waals surface area contributed by atoms with E-state index in [1.807, 2.05) is 0 Å². The number of hydrogen-bond donors (Lipinski definition) is 2. The molecule has 3 aromatic rings. The van der Waals surface area contributed by atoms with E-state index in [1.165, 1.54) is 32.4 Å². The Kier molecular flexibility index (Phi) is 5.47.